The van der Waals surface area contributed by atoms with Crippen molar-refractivity contribution in [2.75, 3.05) is 12.4 Å². The number of rotatable bonds is 6. The lowest BCUT2D eigenvalue weighted by Crippen LogP contribution is -2.30. The number of carbonyl (C=O) groups is 2. The Kier molecular flexibility index (Phi) is 6.13. The summed E-state index contributed by atoms with van der Waals surface area (Å²) in [5, 5.41) is 6.23. The van der Waals surface area contributed by atoms with Gasteiger partial charge in [-0.3, -0.25) is 4.79 Å². The van der Waals surface area contributed by atoms with Gasteiger partial charge in [0.05, 0.1) is 17.6 Å². The summed E-state index contributed by atoms with van der Waals surface area (Å²) in [6.45, 7) is 2.12. The van der Waals surface area contributed by atoms with Crippen molar-refractivity contribution in [3.8, 4) is 11.3 Å². The third-order valence-electron chi connectivity index (χ3n) is 4.88. The number of methoxy groups -OCH3 is 1. The molecule has 2 aromatic carbocycles. The van der Waals surface area contributed by atoms with Crippen LogP contribution in [0.2, 0.25) is 0 Å². The van der Waals surface area contributed by atoms with E-state index in [2.05, 4.69) is 29.7 Å². The fourth-order valence-corrected chi connectivity index (χ4v) is 4.12. The predicted octanol–water partition coefficient (Wildman–Crippen LogP) is 4.90. The number of carbonyl (C=O) groups excluding carboxylic acids is 2. The highest BCUT2D eigenvalue weighted by Gasteiger charge is 2.27. The summed E-state index contributed by atoms with van der Waals surface area (Å²) < 4.78 is 10.6. The monoisotopic (exact) mass is 434 g/mol. The number of amides is 1. The maximum Gasteiger partial charge on any atom is 0.337 e. The summed E-state index contributed by atoms with van der Waals surface area (Å²) >= 11 is 1.41. The van der Waals surface area contributed by atoms with Crippen molar-refractivity contribution in [1.29, 1.82) is 0 Å². The number of aryl methyl sites for hydroxylation is 1. The van der Waals surface area contributed by atoms with Gasteiger partial charge in [0.1, 0.15) is 11.5 Å². The first-order chi connectivity index (χ1) is 15.1. The van der Waals surface area contributed by atoms with Crippen molar-refractivity contribution in [1.82, 2.24) is 5.32 Å². The van der Waals surface area contributed by atoms with Gasteiger partial charge in [-0.05, 0) is 48.4 Å². The number of furan rings is 1. The quantitative estimate of drug-likeness (QED) is 0.425. The molecule has 1 amide bonds. The molecule has 1 fully saturated rings. The zero-order chi connectivity index (χ0) is 21.8. The molecule has 1 atom stereocenters. The molecular formula is C24H22N2O4S. The van der Waals surface area contributed by atoms with Gasteiger partial charge in [0, 0.05) is 17.3 Å². The molecule has 3 aromatic rings. The second-order valence-electron chi connectivity index (χ2n) is 6.95. The number of nitrogens with one attached hydrogen (secondary N) is 2. The van der Waals surface area contributed by atoms with Crippen LogP contribution in [0, 0.1) is 0 Å². The van der Waals surface area contributed by atoms with E-state index in [9.17, 15) is 9.59 Å². The second-order valence-corrected chi connectivity index (χ2v) is 8.09. The smallest absolute Gasteiger partial charge is 0.337 e. The number of hydrogen-bond donors (Lipinski definition) is 2. The Labute approximate surface area is 184 Å². The average molecular weight is 435 g/mol. The summed E-state index contributed by atoms with van der Waals surface area (Å²) in [7, 11) is 1.35. The van der Waals surface area contributed by atoms with Crippen molar-refractivity contribution in [3.05, 3.63) is 82.5 Å². The summed E-state index contributed by atoms with van der Waals surface area (Å²) in [5.74, 6) is 0.702. The molecule has 0 radical (unpaired) electrons. The van der Waals surface area contributed by atoms with Crippen molar-refractivity contribution >= 4 is 35.4 Å². The van der Waals surface area contributed by atoms with E-state index in [0.29, 0.717) is 22.0 Å². The van der Waals surface area contributed by atoms with Crippen LogP contribution in [-0.4, -0.2) is 24.5 Å². The Bertz CT molecular complexity index is 1120. The zero-order valence-corrected chi connectivity index (χ0v) is 18.0. The molecule has 2 heterocycles. The van der Waals surface area contributed by atoms with E-state index in [1.807, 2.05) is 24.3 Å². The first kappa shape index (κ1) is 20.8. The van der Waals surface area contributed by atoms with Gasteiger partial charge >= 0.3 is 5.97 Å². The molecule has 0 saturated carbocycles. The third-order valence-corrected chi connectivity index (χ3v) is 5.91. The normalized spacial score (nSPS) is 16.9. The maximum absolute atomic E-state index is 12.4. The van der Waals surface area contributed by atoms with Gasteiger partial charge in [0.15, 0.2) is 5.50 Å². The lowest BCUT2D eigenvalue weighted by atomic mass is 10.1. The lowest BCUT2D eigenvalue weighted by molar-refractivity contribution is -0.116. The van der Waals surface area contributed by atoms with Gasteiger partial charge < -0.3 is 19.8 Å². The molecule has 158 valence electrons. The van der Waals surface area contributed by atoms with Crippen LogP contribution in [-0.2, 0) is 16.0 Å². The van der Waals surface area contributed by atoms with Crippen molar-refractivity contribution in [2.24, 2.45) is 0 Å². The van der Waals surface area contributed by atoms with Crippen LogP contribution in [0.5, 0.6) is 0 Å². The molecule has 0 aliphatic carbocycles. The Morgan fingerprint density at radius 1 is 1.13 bits per heavy atom. The molecule has 0 unspecified atom stereocenters. The number of esters is 1. The van der Waals surface area contributed by atoms with Crippen LogP contribution in [0.15, 0.2) is 70.0 Å². The Balaban J connectivity index is 1.43. The molecule has 1 saturated heterocycles. The predicted molar refractivity (Wildman–Crippen MR) is 122 cm³/mol. The standard InChI is InChI=1S/C24H22N2O4S/c1-3-15-4-10-18(11-5-15)25-24-26-22(27)21(31-24)14-19-12-13-20(30-19)16-6-8-17(9-7-16)23(28)29-2/h4-14,24-25H,3H2,1-2H3,(H,26,27)/b21-14-/t24-/m0/s1. The van der Waals surface area contributed by atoms with E-state index in [4.69, 9.17) is 9.15 Å². The van der Waals surface area contributed by atoms with Crippen LogP contribution in [0.25, 0.3) is 17.4 Å². The fraction of sp³-hybridized carbons (Fsp3) is 0.167. The molecule has 1 aliphatic heterocycles. The van der Waals surface area contributed by atoms with Gasteiger partial charge in [0.25, 0.3) is 5.91 Å². The average Bonchev–Trinajstić information content (AvgIpc) is 3.40. The highest BCUT2D eigenvalue weighted by atomic mass is 32.2. The fourth-order valence-electron chi connectivity index (χ4n) is 3.16. The highest BCUT2D eigenvalue weighted by Crippen LogP contribution is 2.32. The minimum absolute atomic E-state index is 0.145. The van der Waals surface area contributed by atoms with Crippen molar-refractivity contribution in [2.45, 2.75) is 18.8 Å². The molecule has 6 nitrogen and oxygen atoms in total. The molecule has 4 rings (SSSR count). The van der Waals surface area contributed by atoms with Crippen LogP contribution in [0.1, 0.15) is 28.6 Å². The van der Waals surface area contributed by atoms with Gasteiger partial charge in [-0.1, -0.05) is 43.0 Å². The Morgan fingerprint density at radius 3 is 2.55 bits per heavy atom. The summed E-state index contributed by atoms with van der Waals surface area (Å²) in [6.07, 6.45) is 2.72. The van der Waals surface area contributed by atoms with Crippen LogP contribution in [0.3, 0.4) is 0 Å². The Hall–Kier alpha value is -3.45. The minimum Gasteiger partial charge on any atom is -0.465 e. The molecule has 1 aliphatic rings. The maximum atomic E-state index is 12.4. The molecular weight excluding hydrogens is 412 g/mol. The number of benzene rings is 2. The van der Waals surface area contributed by atoms with E-state index in [0.717, 1.165) is 17.7 Å². The largest absolute Gasteiger partial charge is 0.465 e. The van der Waals surface area contributed by atoms with Crippen molar-refractivity contribution in [3.63, 3.8) is 0 Å². The van der Waals surface area contributed by atoms with E-state index < -0.39 is 0 Å². The lowest BCUT2D eigenvalue weighted by Gasteiger charge is -2.12. The van der Waals surface area contributed by atoms with E-state index in [1.54, 1.807) is 30.3 Å². The highest BCUT2D eigenvalue weighted by molar-refractivity contribution is 8.05. The van der Waals surface area contributed by atoms with Crippen molar-refractivity contribution < 1.29 is 18.7 Å². The van der Waals surface area contributed by atoms with E-state index in [1.165, 1.54) is 24.4 Å². The first-order valence-electron chi connectivity index (χ1n) is 9.89. The number of thioether (sulfide) groups is 1. The number of ether oxygens (including phenoxy) is 1. The van der Waals surface area contributed by atoms with E-state index in [-0.39, 0.29) is 17.4 Å². The second kappa shape index (κ2) is 9.14. The molecule has 7 heteroatoms. The topological polar surface area (TPSA) is 80.6 Å². The van der Waals surface area contributed by atoms with E-state index >= 15 is 0 Å². The van der Waals surface area contributed by atoms with Gasteiger partial charge in [-0.25, -0.2) is 4.79 Å². The molecule has 31 heavy (non-hydrogen) atoms. The first-order valence-corrected chi connectivity index (χ1v) is 10.8. The Morgan fingerprint density at radius 2 is 1.87 bits per heavy atom. The van der Waals surface area contributed by atoms with Gasteiger partial charge in [-0.15, -0.1) is 0 Å². The molecule has 0 spiro atoms. The third kappa shape index (κ3) is 4.83. The minimum atomic E-state index is -0.384. The molecule has 1 aromatic heterocycles. The van der Waals surface area contributed by atoms with Crippen LogP contribution in [0.4, 0.5) is 5.69 Å². The van der Waals surface area contributed by atoms with Crippen LogP contribution < -0.4 is 10.6 Å². The summed E-state index contributed by atoms with van der Waals surface area (Å²) in [5.41, 5.74) is 3.28. The van der Waals surface area contributed by atoms with Gasteiger partial charge in [0.2, 0.25) is 0 Å². The van der Waals surface area contributed by atoms with Crippen LogP contribution >= 0.6 is 11.8 Å². The molecule has 0 bridgehead atoms. The zero-order valence-electron chi connectivity index (χ0n) is 17.2. The molecule has 2 N–H and O–H groups in total. The SMILES string of the molecule is CCc1ccc(N[C@H]2NC(=O)/C(=C/c3ccc(-c4ccc(C(=O)OC)cc4)o3)S2)cc1. The number of anilines is 1. The van der Waals surface area contributed by atoms with Gasteiger partial charge in [-0.2, -0.15) is 0 Å². The number of hydrogen-bond acceptors (Lipinski definition) is 6. The summed E-state index contributed by atoms with van der Waals surface area (Å²) in [6, 6.07) is 18.8. The summed E-state index contributed by atoms with van der Waals surface area (Å²) in [4.78, 5) is 24.5.